The highest BCUT2D eigenvalue weighted by Crippen LogP contribution is 2.33. The summed E-state index contributed by atoms with van der Waals surface area (Å²) in [5.74, 6) is -1.32. The third kappa shape index (κ3) is 3.56. The van der Waals surface area contributed by atoms with Gasteiger partial charge in [0, 0.05) is 10.7 Å². The quantitative estimate of drug-likeness (QED) is 0.746. The van der Waals surface area contributed by atoms with E-state index in [2.05, 4.69) is 32.8 Å². The maximum atomic E-state index is 13.8. The van der Waals surface area contributed by atoms with Crippen LogP contribution in [0.5, 0.6) is 0 Å². The molecule has 122 valence electrons. The smallest absolute Gasteiger partial charge is 0.323 e. The second-order valence-corrected chi connectivity index (χ2v) is 5.50. The predicted octanol–water partition coefficient (Wildman–Crippen LogP) is 4.66. The van der Waals surface area contributed by atoms with E-state index in [0.717, 1.165) is 12.3 Å². The molecule has 0 unspecified atom stereocenters. The third-order valence-electron chi connectivity index (χ3n) is 2.69. The Morgan fingerprint density at radius 2 is 2.04 bits per heavy atom. The van der Waals surface area contributed by atoms with Crippen LogP contribution in [0.3, 0.4) is 0 Å². The van der Waals surface area contributed by atoms with Gasteiger partial charge in [0.1, 0.15) is 10.8 Å². The van der Waals surface area contributed by atoms with E-state index < -0.39 is 34.2 Å². The van der Waals surface area contributed by atoms with Gasteiger partial charge in [0.15, 0.2) is 5.69 Å². The molecule has 0 saturated carbocycles. The number of hydrogen-bond donors (Lipinski definition) is 1. The number of aromatic nitrogens is 2. The fourth-order valence-electron chi connectivity index (χ4n) is 1.67. The predicted molar refractivity (Wildman–Crippen MR) is 82.3 cm³/mol. The Kier molecular flexibility index (Phi) is 4.81. The number of rotatable bonds is 3. The first kappa shape index (κ1) is 17.5. The van der Waals surface area contributed by atoms with Gasteiger partial charge in [-0.2, -0.15) is 13.2 Å². The third-order valence-corrected chi connectivity index (χ3v) is 3.52. The number of nitrogens with zero attached hydrogens (tertiary/aromatic N) is 2. The highest BCUT2D eigenvalue weighted by molar-refractivity contribution is 9.10. The average molecular weight is 413 g/mol. The Morgan fingerprint density at radius 3 is 2.57 bits per heavy atom. The first-order valence-electron chi connectivity index (χ1n) is 5.89. The maximum absolute atomic E-state index is 13.8. The van der Waals surface area contributed by atoms with Gasteiger partial charge in [-0.25, -0.2) is 9.37 Å². The first-order valence-corrected chi connectivity index (χ1v) is 7.06. The summed E-state index contributed by atoms with van der Waals surface area (Å²) >= 11 is 8.46. The van der Waals surface area contributed by atoms with Crippen LogP contribution in [0.2, 0.25) is 5.02 Å². The lowest BCUT2D eigenvalue weighted by Gasteiger charge is -2.15. The molecule has 4 nitrogen and oxygen atoms in total. The van der Waals surface area contributed by atoms with Crippen LogP contribution >= 0.6 is 27.5 Å². The molecule has 1 heterocycles. The molecule has 0 bridgehead atoms. The van der Waals surface area contributed by atoms with Crippen LogP contribution in [0.4, 0.5) is 29.2 Å². The standard InChI is InChI=1S/C13H7BrClF4N3O/c1-2-22-11(23)9(15)10(13(17,18)19)21-12(22)20-8-4-3-6(14)5-7(8)16/h2-5H,1H2,(H,20,21). The molecule has 10 heteroatoms. The molecule has 2 aromatic rings. The summed E-state index contributed by atoms with van der Waals surface area (Å²) in [6.07, 6.45) is -4.02. The molecule has 0 radical (unpaired) electrons. The first-order chi connectivity index (χ1) is 10.6. The number of anilines is 2. The van der Waals surface area contributed by atoms with Crippen molar-refractivity contribution in [2.45, 2.75) is 6.18 Å². The van der Waals surface area contributed by atoms with Gasteiger partial charge in [-0.15, -0.1) is 0 Å². The molecule has 1 aromatic heterocycles. The average Bonchev–Trinajstić information content (AvgIpc) is 2.44. The Morgan fingerprint density at radius 1 is 1.39 bits per heavy atom. The van der Waals surface area contributed by atoms with E-state index in [-0.39, 0.29) is 5.69 Å². The van der Waals surface area contributed by atoms with Crippen molar-refractivity contribution in [1.29, 1.82) is 0 Å². The molecule has 1 aromatic carbocycles. The van der Waals surface area contributed by atoms with E-state index in [0.29, 0.717) is 9.04 Å². The van der Waals surface area contributed by atoms with Gasteiger partial charge in [-0.1, -0.05) is 34.1 Å². The lowest BCUT2D eigenvalue weighted by atomic mass is 10.3. The number of hydrogen-bond acceptors (Lipinski definition) is 3. The van der Waals surface area contributed by atoms with Crippen molar-refractivity contribution in [3.05, 3.63) is 56.1 Å². The van der Waals surface area contributed by atoms with Crippen molar-refractivity contribution in [2.24, 2.45) is 0 Å². The Labute approximate surface area is 140 Å². The molecule has 0 amide bonds. The molecule has 1 N–H and O–H groups in total. The summed E-state index contributed by atoms with van der Waals surface area (Å²) < 4.78 is 53.5. The van der Waals surface area contributed by atoms with Gasteiger partial charge in [0.05, 0.1) is 5.69 Å². The zero-order valence-electron chi connectivity index (χ0n) is 11.1. The van der Waals surface area contributed by atoms with Crippen molar-refractivity contribution in [3.8, 4) is 0 Å². The normalized spacial score (nSPS) is 11.4. The van der Waals surface area contributed by atoms with Crippen LogP contribution in [0.15, 0.2) is 34.0 Å². The molecular formula is C13H7BrClF4N3O. The summed E-state index contributed by atoms with van der Waals surface area (Å²) in [6.45, 7) is 3.31. The van der Waals surface area contributed by atoms with Crippen molar-refractivity contribution in [1.82, 2.24) is 9.55 Å². The van der Waals surface area contributed by atoms with Crippen molar-refractivity contribution < 1.29 is 17.6 Å². The van der Waals surface area contributed by atoms with E-state index in [1.165, 1.54) is 12.1 Å². The van der Waals surface area contributed by atoms with Crippen LogP contribution in [-0.4, -0.2) is 9.55 Å². The van der Waals surface area contributed by atoms with E-state index in [1.54, 1.807) is 0 Å². The summed E-state index contributed by atoms with van der Waals surface area (Å²) in [5.41, 5.74) is -2.92. The molecule has 23 heavy (non-hydrogen) atoms. The van der Waals surface area contributed by atoms with Gasteiger partial charge in [-0.05, 0) is 18.2 Å². The van der Waals surface area contributed by atoms with E-state index in [1.807, 2.05) is 0 Å². The highest BCUT2D eigenvalue weighted by atomic mass is 79.9. The molecule has 0 aliphatic carbocycles. The van der Waals surface area contributed by atoms with Gasteiger partial charge >= 0.3 is 6.18 Å². The molecule has 0 aliphatic rings. The second-order valence-electron chi connectivity index (χ2n) is 4.20. The lowest BCUT2D eigenvalue weighted by Crippen LogP contribution is -2.25. The number of benzene rings is 1. The van der Waals surface area contributed by atoms with Crippen LogP contribution < -0.4 is 10.9 Å². The largest absolute Gasteiger partial charge is 0.435 e. The minimum absolute atomic E-state index is 0.175. The fraction of sp³-hybridized carbons (Fsp3) is 0.0769. The fourth-order valence-corrected chi connectivity index (χ4v) is 2.24. The van der Waals surface area contributed by atoms with E-state index in [9.17, 15) is 22.4 Å². The van der Waals surface area contributed by atoms with Crippen molar-refractivity contribution >= 4 is 45.4 Å². The van der Waals surface area contributed by atoms with Gasteiger partial charge in [0.2, 0.25) is 5.95 Å². The molecular weight excluding hydrogens is 406 g/mol. The maximum Gasteiger partial charge on any atom is 0.435 e. The van der Waals surface area contributed by atoms with Crippen LogP contribution in [0.25, 0.3) is 6.20 Å². The summed E-state index contributed by atoms with van der Waals surface area (Å²) in [6, 6.07) is 3.82. The monoisotopic (exact) mass is 411 g/mol. The SMILES string of the molecule is C=Cn1c(Nc2ccc(Br)cc2F)nc(C(F)(F)F)c(Cl)c1=O. The Hall–Kier alpha value is -1.87. The van der Waals surface area contributed by atoms with Crippen LogP contribution in [-0.2, 0) is 6.18 Å². The summed E-state index contributed by atoms with van der Waals surface area (Å²) in [7, 11) is 0. The molecule has 0 saturated heterocycles. The van der Waals surface area contributed by atoms with Crippen LogP contribution in [0.1, 0.15) is 5.69 Å². The summed E-state index contributed by atoms with van der Waals surface area (Å²) in [5, 5.41) is 1.23. The molecule has 0 aliphatic heterocycles. The van der Waals surface area contributed by atoms with E-state index in [4.69, 9.17) is 11.6 Å². The molecule has 0 spiro atoms. The number of halogens is 6. The second kappa shape index (κ2) is 6.32. The van der Waals surface area contributed by atoms with Gasteiger partial charge in [-0.3, -0.25) is 9.36 Å². The van der Waals surface area contributed by atoms with Crippen molar-refractivity contribution in [2.75, 3.05) is 5.32 Å². The Balaban J connectivity index is 2.63. The molecule has 0 atom stereocenters. The number of alkyl halides is 3. The zero-order chi connectivity index (χ0) is 17.4. The molecule has 0 fully saturated rings. The summed E-state index contributed by atoms with van der Waals surface area (Å²) in [4.78, 5) is 15.2. The topological polar surface area (TPSA) is 46.9 Å². The van der Waals surface area contributed by atoms with Gasteiger partial charge < -0.3 is 5.32 Å². The highest BCUT2D eigenvalue weighted by Gasteiger charge is 2.37. The lowest BCUT2D eigenvalue weighted by molar-refractivity contribution is -0.141. The zero-order valence-corrected chi connectivity index (χ0v) is 13.4. The van der Waals surface area contributed by atoms with E-state index >= 15 is 0 Å². The van der Waals surface area contributed by atoms with Crippen molar-refractivity contribution in [3.63, 3.8) is 0 Å². The number of nitrogens with one attached hydrogen (secondary N) is 1. The minimum atomic E-state index is -4.94. The van der Waals surface area contributed by atoms with Crippen LogP contribution in [0, 0.1) is 5.82 Å². The molecule has 2 rings (SSSR count). The van der Waals surface area contributed by atoms with Gasteiger partial charge in [0.25, 0.3) is 5.56 Å². The Bertz CT molecular complexity index is 835. The minimum Gasteiger partial charge on any atom is -0.323 e.